The van der Waals surface area contributed by atoms with E-state index >= 15 is 0 Å². The molecule has 0 N–H and O–H groups in total. The summed E-state index contributed by atoms with van der Waals surface area (Å²) in [5, 5.41) is 0. The number of amides is 1. The normalized spacial score (nSPS) is 22.9. The zero-order valence-corrected chi connectivity index (χ0v) is 22.4. The van der Waals surface area contributed by atoms with Gasteiger partial charge >= 0.3 is 0 Å². The van der Waals surface area contributed by atoms with Crippen molar-refractivity contribution in [3.63, 3.8) is 0 Å². The van der Waals surface area contributed by atoms with Gasteiger partial charge in [0.05, 0.1) is 18.8 Å². The molecule has 3 aliphatic rings. The van der Waals surface area contributed by atoms with Gasteiger partial charge in [-0.1, -0.05) is 30.3 Å². The van der Waals surface area contributed by atoms with Gasteiger partial charge in [0.2, 0.25) is 10.0 Å². The number of sulfonamides is 1. The maximum Gasteiger partial charge on any atom is 0.254 e. The first-order chi connectivity index (χ1) is 17.9. The Hall–Kier alpha value is -2.46. The second-order valence-electron chi connectivity index (χ2n) is 10.3. The van der Waals surface area contributed by atoms with E-state index in [9.17, 15) is 13.2 Å². The summed E-state index contributed by atoms with van der Waals surface area (Å²) in [5.41, 5.74) is 2.56. The van der Waals surface area contributed by atoms with Crippen molar-refractivity contribution in [2.45, 2.75) is 55.6 Å². The van der Waals surface area contributed by atoms with Gasteiger partial charge in [-0.15, -0.1) is 0 Å². The molecule has 2 atom stereocenters. The molecule has 2 aliphatic heterocycles. The quantitative estimate of drug-likeness (QED) is 0.496. The molecule has 1 aliphatic carbocycles. The van der Waals surface area contributed by atoms with Crippen molar-refractivity contribution in [2.24, 2.45) is 0 Å². The Morgan fingerprint density at radius 3 is 2.49 bits per heavy atom. The number of carbonyl (C=O) groups excluding carboxylic acids is 1. The minimum atomic E-state index is -3.48. The first-order valence-corrected chi connectivity index (χ1v) is 14.7. The minimum absolute atomic E-state index is 0.00615. The zero-order valence-electron chi connectivity index (χ0n) is 21.5. The van der Waals surface area contributed by atoms with E-state index < -0.39 is 10.0 Å². The highest BCUT2D eigenvalue weighted by atomic mass is 32.2. The predicted molar refractivity (Wildman–Crippen MR) is 140 cm³/mol. The van der Waals surface area contributed by atoms with Gasteiger partial charge in [-0.2, -0.15) is 0 Å². The molecule has 200 valence electrons. The second kappa shape index (κ2) is 11.1. The molecule has 9 heteroatoms. The van der Waals surface area contributed by atoms with Gasteiger partial charge in [0.1, 0.15) is 18.0 Å². The van der Waals surface area contributed by atoms with Gasteiger partial charge in [0.15, 0.2) is 0 Å². The van der Waals surface area contributed by atoms with E-state index in [4.69, 9.17) is 14.2 Å². The lowest BCUT2D eigenvalue weighted by molar-refractivity contribution is 0.0339. The summed E-state index contributed by atoms with van der Waals surface area (Å²) in [5.74, 6) is 0.962. The molecule has 3 fully saturated rings. The summed E-state index contributed by atoms with van der Waals surface area (Å²) in [4.78, 5) is 15.2. The summed E-state index contributed by atoms with van der Waals surface area (Å²) in [6.45, 7) is 2.03. The molecule has 2 saturated heterocycles. The van der Waals surface area contributed by atoms with Crippen LogP contribution in [0.25, 0.3) is 0 Å². The molecule has 1 amide bonds. The predicted octanol–water partition coefficient (Wildman–Crippen LogP) is 3.42. The Bertz CT molecular complexity index is 1210. The van der Waals surface area contributed by atoms with Crippen molar-refractivity contribution in [3.8, 4) is 5.75 Å². The van der Waals surface area contributed by atoms with E-state index in [-0.39, 0.29) is 29.9 Å². The maximum absolute atomic E-state index is 13.4. The summed E-state index contributed by atoms with van der Waals surface area (Å²) in [6.07, 6.45) is 3.06. The van der Waals surface area contributed by atoms with Crippen molar-refractivity contribution in [2.75, 3.05) is 40.5 Å². The van der Waals surface area contributed by atoms with Crippen LogP contribution >= 0.6 is 0 Å². The Morgan fingerprint density at radius 1 is 1.03 bits per heavy atom. The minimum Gasteiger partial charge on any atom is -0.486 e. The van der Waals surface area contributed by atoms with Gasteiger partial charge < -0.3 is 19.1 Å². The molecule has 8 nitrogen and oxygen atoms in total. The van der Waals surface area contributed by atoms with Crippen LogP contribution in [-0.2, 0) is 25.2 Å². The van der Waals surface area contributed by atoms with Crippen LogP contribution in [0.2, 0.25) is 0 Å². The topological polar surface area (TPSA) is 85.4 Å². The number of nitrogens with zero attached hydrogens (tertiary/aromatic N) is 2. The Morgan fingerprint density at radius 2 is 1.76 bits per heavy atom. The second-order valence-corrected chi connectivity index (χ2v) is 12.3. The SMILES string of the molecule is CO[C@@H]1CN(C(=O)c2ccccc2C2CC2)C[C@H]1Oc1cccc(CS(=O)(=O)N(C)C2CCOCC2)c1. The molecule has 0 spiro atoms. The summed E-state index contributed by atoms with van der Waals surface area (Å²) in [7, 11) is -0.204. The monoisotopic (exact) mass is 528 g/mol. The van der Waals surface area contributed by atoms with Crippen LogP contribution in [0.5, 0.6) is 5.75 Å². The van der Waals surface area contributed by atoms with E-state index in [1.165, 1.54) is 4.31 Å². The summed E-state index contributed by atoms with van der Waals surface area (Å²) < 4.78 is 44.9. The number of hydrogen-bond donors (Lipinski definition) is 0. The number of likely N-dealkylation sites (tertiary alicyclic amines) is 1. The zero-order chi connectivity index (χ0) is 26.0. The van der Waals surface area contributed by atoms with Gasteiger partial charge in [-0.25, -0.2) is 12.7 Å². The largest absolute Gasteiger partial charge is 0.486 e. The fourth-order valence-electron chi connectivity index (χ4n) is 5.33. The highest BCUT2D eigenvalue weighted by molar-refractivity contribution is 7.88. The number of rotatable bonds is 9. The fraction of sp³-hybridized carbons (Fsp3) is 0.536. The summed E-state index contributed by atoms with van der Waals surface area (Å²) >= 11 is 0. The molecular formula is C28H36N2O6S. The third-order valence-electron chi connectivity index (χ3n) is 7.69. The number of hydrogen-bond acceptors (Lipinski definition) is 6. The molecule has 1 saturated carbocycles. The van der Waals surface area contributed by atoms with Crippen molar-refractivity contribution in [1.82, 2.24) is 9.21 Å². The van der Waals surface area contributed by atoms with Crippen LogP contribution in [0.4, 0.5) is 0 Å². The Kier molecular flexibility index (Phi) is 7.85. The Labute approximate surface area is 219 Å². The van der Waals surface area contributed by atoms with Crippen LogP contribution in [-0.4, -0.2) is 82.2 Å². The third kappa shape index (κ3) is 6.00. The lowest BCUT2D eigenvalue weighted by atomic mass is 10.0. The van der Waals surface area contributed by atoms with Crippen molar-refractivity contribution < 1.29 is 27.4 Å². The van der Waals surface area contributed by atoms with Crippen LogP contribution in [0.3, 0.4) is 0 Å². The summed E-state index contributed by atoms with van der Waals surface area (Å²) in [6, 6.07) is 15.0. The first kappa shape index (κ1) is 26.2. The highest BCUT2D eigenvalue weighted by Gasteiger charge is 2.39. The van der Waals surface area contributed by atoms with Crippen molar-refractivity contribution in [3.05, 3.63) is 65.2 Å². The van der Waals surface area contributed by atoms with Crippen LogP contribution < -0.4 is 4.74 Å². The van der Waals surface area contributed by atoms with E-state index in [0.29, 0.717) is 56.4 Å². The van der Waals surface area contributed by atoms with Crippen LogP contribution in [0.15, 0.2) is 48.5 Å². The average Bonchev–Trinajstić information content (AvgIpc) is 3.68. The maximum atomic E-state index is 13.4. The molecule has 2 heterocycles. The van der Waals surface area contributed by atoms with E-state index in [1.54, 1.807) is 37.3 Å². The highest BCUT2D eigenvalue weighted by Crippen LogP contribution is 2.42. The standard InChI is InChI=1S/C28H36N2O6S/c1-29(22-12-14-35-15-13-22)37(32,33)19-20-6-5-7-23(16-20)36-27-18-30(17-26(27)34-2)28(31)25-9-4-3-8-24(25)21-10-11-21/h3-9,16,21-22,26-27H,10-15,17-19H2,1-2H3/t26-,27-/m1/s1. The number of benzene rings is 2. The molecule has 37 heavy (non-hydrogen) atoms. The van der Waals surface area contributed by atoms with Crippen molar-refractivity contribution in [1.29, 1.82) is 0 Å². The smallest absolute Gasteiger partial charge is 0.254 e. The van der Waals surface area contributed by atoms with E-state index in [1.807, 2.05) is 24.3 Å². The van der Waals surface area contributed by atoms with Crippen LogP contribution in [0.1, 0.15) is 53.1 Å². The lowest BCUT2D eigenvalue weighted by Gasteiger charge is -2.30. The van der Waals surface area contributed by atoms with Crippen molar-refractivity contribution >= 4 is 15.9 Å². The third-order valence-corrected chi connectivity index (χ3v) is 9.57. The van der Waals surface area contributed by atoms with E-state index in [2.05, 4.69) is 6.07 Å². The van der Waals surface area contributed by atoms with Gasteiger partial charge in [0, 0.05) is 39.0 Å². The number of methoxy groups -OCH3 is 1. The molecule has 0 unspecified atom stereocenters. The van der Waals surface area contributed by atoms with Gasteiger partial charge in [0.25, 0.3) is 5.91 Å². The van der Waals surface area contributed by atoms with E-state index in [0.717, 1.165) is 24.0 Å². The number of ether oxygens (including phenoxy) is 3. The molecule has 0 aromatic heterocycles. The molecule has 0 radical (unpaired) electrons. The molecule has 0 bridgehead atoms. The molecule has 5 rings (SSSR count). The molecule has 2 aromatic carbocycles. The fourth-order valence-corrected chi connectivity index (χ4v) is 6.80. The lowest BCUT2D eigenvalue weighted by Crippen LogP contribution is -2.41. The molecule has 2 aromatic rings. The Balaban J connectivity index is 1.25. The average molecular weight is 529 g/mol. The van der Waals surface area contributed by atoms with Gasteiger partial charge in [-0.05, 0) is 60.9 Å². The number of carbonyl (C=O) groups is 1. The molecular weight excluding hydrogens is 492 g/mol. The first-order valence-electron chi connectivity index (χ1n) is 13.1. The van der Waals surface area contributed by atoms with Gasteiger partial charge in [-0.3, -0.25) is 4.79 Å². The van der Waals surface area contributed by atoms with Crippen LogP contribution in [0, 0.1) is 0 Å².